The molecule has 0 aliphatic carbocycles. The zero-order valence-corrected chi connectivity index (χ0v) is 16.5. The number of nitrogens with zero attached hydrogens (tertiary/aromatic N) is 4. The van der Waals surface area contributed by atoms with Crippen LogP contribution in [0.2, 0.25) is 0 Å². The van der Waals surface area contributed by atoms with Gasteiger partial charge in [-0.15, -0.1) is 5.10 Å². The number of ketones is 1. The number of benzene rings is 2. The first-order chi connectivity index (χ1) is 14.0. The van der Waals surface area contributed by atoms with Gasteiger partial charge in [-0.05, 0) is 42.0 Å². The summed E-state index contributed by atoms with van der Waals surface area (Å²) >= 11 is 1.20. The number of amides is 1. The normalized spacial score (nSPS) is 12.1. The van der Waals surface area contributed by atoms with Crippen molar-refractivity contribution in [2.75, 3.05) is 17.9 Å². The number of para-hydroxylation sites is 1. The maximum atomic E-state index is 12.5. The first-order valence-electron chi connectivity index (χ1n) is 8.74. The van der Waals surface area contributed by atoms with Crippen molar-refractivity contribution < 1.29 is 19.1 Å². The third-order valence-electron chi connectivity index (χ3n) is 4.28. The molecule has 2 heterocycles. The molecule has 0 saturated heterocycles. The Kier molecular flexibility index (Phi) is 5.17. The molecule has 2 aromatic carbocycles. The molecule has 10 heteroatoms. The third-order valence-corrected chi connectivity index (χ3v) is 5.20. The van der Waals surface area contributed by atoms with E-state index in [0.29, 0.717) is 27.9 Å². The van der Waals surface area contributed by atoms with Crippen molar-refractivity contribution in [1.29, 1.82) is 0 Å². The number of thioether (sulfide) groups is 1. The van der Waals surface area contributed by atoms with Crippen LogP contribution in [0.1, 0.15) is 22.8 Å². The number of fused-ring (bicyclic) bond motifs is 1. The summed E-state index contributed by atoms with van der Waals surface area (Å²) < 4.78 is 12.2. The van der Waals surface area contributed by atoms with Gasteiger partial charge in [-0.1, -0.05) is 30.0 Å². The summed E-state index contributed by atoms with van der Waals surface area (Å²) in [4.78, 5) is 24.4. The Morgan fingerprint density at radius 2 is 1.97 bits per heavy atom. The van der Waals surface area contributed by atoms with Gasteiger partial charge < -0.3 is 14.8 Å². The number of carbonyl (C=O) groups excluding carboxylic acids is 2. The minimum absolute atomic E-state index is 0.0675. The molecule has 9 nitrogen and oxygen atoms in total. The van der Waals surface area contributed by atoms with Crippen molar-refractivity contribution in [1.82, 2.24) is 20.2 Å². The van der Waals surface area contributed by atoms with Crippen LogP contribution < -0.4 is 14.8 Å². The van der Waals surface area contributed by atoms with Gasteiger partial charge in [-0.25, -0.2) is 0 Å². The quantitative estimate of drug-likeness (QED) is 0.487. The van der Waals surface area contributed by atoms with Crippen LogP contribution in [0.4, 0.5) is 5.69 Å². The van der Waals surface area contributed by atoms with Crippen LogP contribution in [0.5, 0.6) is 11.5 Å². The summed E-state index contributed by atoms with van der Waals surface area (Å²) in [7, 11) is 0. The lowest BCUT2D eigenvalue weighted by Crippen LogP contribution is -2.16. The van der Waals surface area contributed by atoms with Crippen molar-refractivity contribution in [2.24, 2.45) is 0 Å². The molecule has 0 bridgehead atoms. The first kappa shape index (κ1) is 18.9. The molecular formula is C19H17N5O4S. The molecule has 148 valence electrons. The molecule has 1 aliphatic heterocycles. The van der Waals surface area contributed by atoms with Gasteiger partial charge in [0.1, 0.15) is 0 Å². The van der Waals surface area contributed by atoms with E-state index in [-0.39, 0.29) is 24.2 Å². The topological polar surface area (TPSA) is 108 Å². The minimum Gasteiger partial charge on any atom is -0.454 e. The fourth-order valence-corrected chi connectivity index (χ4v) is 3.56. The zero-order valence-electron chi connectivity index (χ0n) is 15.7. The summed E-state index contributed by atoms with van der Waals surface area (Å²) in [5.74, 6) is 0.560. The SMILES string of the molecule is CC(=O)c1cc2c(cc1NC(=O)CSc1nnnn1-c1ccccc1C)OCO2. The van der Waals surface area contributed by atoms with Crippen molar-refractivity contribution in [2.45, 2.75) is 19.0 Å². The van der Waals surface area contributed by atoms with Gasteiger partial charge in [0.2, 0.25) is 17.9 Å². The third kappa shape index (κ3) is 3.92. The van der Waals surface area contributed by atoms with E-state index in [1.807, 2.05) is 31.2 Å². The largest absolute Gasteiger partial charge is 0.454 e. The number of rotatable bonds is 6. The number of aromatic nitrogens is 4. The minimum atomic E-state index is -0.296. The number of hydrogen-bond acceptors (Lipinski definition) is 8. The maximum Gasteiger partial charge on any atom is 0.234 e. The van der Waals surface area contributed by atoms with E-state index in [1.54, 1.807) is 16.8 Å². The average molecular weight is 411 g/mol. The highest BCUT2D eigenvalue weighted by Crippen LogP contribution is 2.37. The van der Waals surface area contributed by atoms with Crippen LogP contribution in [-0.2, 0) is 4.79 Å². The summed E-state index contributed by atoms with van der Waals surface area (Å²) in [5.41, 5.74) is 2.59. The Labute approximate surface area is 170 Å². The van der Waals surface area contributed by atoms with E-state index in [2.05, 4.69) is 20.8 Å². The Morgan fingerprint density at radius 1 is 1.21 bits per heavy atom. The van der Waals surface area contributed by atoms with Gasteiger partial charge in [-0.3, -0.25) is 9.59 Å². The second kappa shape index (κ2) is 7.92. The molecule has 0 radical (unpaired) electrons. The Hall–Kier alpha value is -3.40. The smallest absolute Gasteiger partial charge is 0.234 e. The molecule has 1 amide bonds. The monoisotopic (exact) mass is 411 g/mol. The van der Waals surface area contributed by atoms with E-state index in [0.717, 1.165) is 11.3 Å². The van der Waals surface area contributed by atoms with Crippen LogP contribution in [0.3, 0.4) is 0 Å². The van der Waals surface area contributed by atoms with Crippen LogP contribution in [0.15, 0.2) is 41.6 Å². The number of nitrogens with one attached hydrogen (secondary N) is 1. The van der Waals surface area contributed by atoms with E-state index in [1.165, 1.54) is 18.7 Å². The standard InChI is InChI=1S/C19H17N5O4S/c1-11-5-3-4-6-15(11)24-19(21-22-23-24)29-9-18(26)20-14-8-17-16(27-10-28-17)7-13(14)12(2)25/h3-8H,9-10H2,1-2H3,(H,20,26). The van der Waals surface area contributed by atoms with Gasteiger partial charge in [0.15, 0.2) is 17.3 Å². The van der Waals surface area contributed by atoms with Crippen molar-refractivity contribution in [3.05, 3.63) is 47.5 Å². The van der Waals surface area contributed by atoms with Crippen LogP contribution in [0, 0.1) is 6.92 Å². The number of tetrazole rings is 1. The fraction of sp³-hybridized carbons (Fsp3) is 0.211. The predicted octanol–water partition coefficient (Wildman–Crippen LogP) is 2.63. The number of anilines is 1. The fourth-order valence-electron chi connectivity index (χ4n) is 2.87. The van der Waals surface area contributed by atoms with Crippen molar-refractivity contribution in [3.8, 4) is 17.2 Å². The van der Waals surface area contributed by atoms with E-state index in [9.17, 15) is 9.59 Å². The first-order valence-corrected chi connectivity index (χ1v) is 9.73. The second-order valence-electron chi connectivity index (χ2n) is 6.30. The summed E-state index contributed by atoms with van der Waals surface area (Å²) in [6.45, 7) is 3.47. The Morgan fingerprint density at radius 3 is 2.72 bits per heavy atom. The summed E-state index contributed by atoms with van der Waals surface area (Å²) in [5, 5.41) is 15.0. The highest BCUT2D eigenvalue weighted by atomic mass is 32.2. The molecule has 4 rings (SSSR count). The molecule has 0 atom stereocenters. The molecule has 1 aliphatic rings. The van der Waals surface area contributed by atoms with E-state index >= 15 is 0 Å². The van der Waals surface area contributed by atoms with E-state index < -0.39 is 0 Å². The number of ether oxygens (including phenoxy) is 2. The number of Topliss-reactive ketones (excluding diaryl/α,β-unsaturated/α-hetero) is 1. The number of carbonyl (C=O) groups is 2. The molecule has 0 saturated carbocycles. The zero-order chi connectivity index (χ0) is 20.4. The average Bonchev–Trinajstić information content (AvgIpc) is 3.34. The van der Waals surface area contributed by atoms with Gasteiger partial charge in [0.25, 0.3) is 0 Å². The molecule has 0 unspecified atom stereocenters. The van der Waals surface area contributed by atoms with Gasteiger partial charge in [0, 0.05) is 11.6 Å². The number of aryl methyl sites for hydroxylation is 1. The molecular weight excluding hydrogens is 394 g/mol. The highest BCUT2D eigenvalue weighted by molar-refractivity contribution is 7.99. The maximum absolute atomic E-state index is 12.5. The van der Waals surface area contributed by atoms with Crippen molar-refractivity contribution >= 4 is 29.1 Å². The van der Waals surface area contributed by atoms with Crippen LogP contribution in [-0.4, -0.2) is 44.4 Å². The van der Waals surface area contributed by atoms with Gasteiger partial charge in [-0.2, -0.15) is 4.68 Å². The molecule has 3 aromatic rings. The lowest BCUT2D eigenvalue weighted by molar-refractivity contribution is -0.113. The molecule has 1 aromatic heterocycles. The Balaban J connectivity index is 1.48. The molecule has 1 N–H and O–H groups in total. The molecule has 0 fully saturated rings. The molecule has 29 heavy (non-hydrogen) atoms. The van der Waals surface area contributed by atoms with Gasteiger partial charge >= 0.3 is 0 Å². The highest BCUT2D eigenvalue weighted by Gasteiger charge is 2.21. The van der Waals surface area contributed by atoms with Gasteiger partial charge in [0.05, 0.1) is 17.1 Å². The lowest BCUT2D eigenvalue weighted by Gasteiger charge is -2.11. The molecule has 0 spiro atoms. The van der Waals surface area contributed by atoms with Crippen molar-refractivity contribution in [3.63, 3.8) is 0 Å². The summed E-state index contributed by atoms with van der Waals surface area (Å²) in [6.07, 6.45) is 0. The number of hydrogen-bond donors (Lipinski definition) is 1. The Bertz CT molecular complexity index is 1100. The summed E-state index contributed by atoms with van der Waals surface area (Å²) in [6, 6.07) is 10.9. The second-order valence-corrected chi connectivity index (χ2v) is 7.25. The van der Waals surface area contributed by atoms with E-state index in [4.69, 9.17) is 9.47 Å². The van der Waals surface area contributed by atoms with Crippen LogP contribution >= 0.6 is 11.8 Å². The van der Waals surface area contributed by atoms with Crippen LogP contribution in [0.25, 0.3) is 5.69 Å². The predicted molar refractivity (Wildman–Crippen MR) is 106 cm³/mol. The lowest BCUT2D eigenvalue weighted by atomic mass is 10.1.